The molecule has 1 N–H and O–H groups in total. The minimum absolute atomic E-state index is 0.0649. The van der Waals surface area contributed by atoms with Gasteiger partial charge in [-0.05, 0) is 19.9 Å². The summed E-state index contributed by atoms with van der Waals surface area (Å²) in [7, 11) is 0. The zero-order valence-corrected chi connectivity index (χ0v) is 8.64. The monoisotopic (exact) mass is 192 g/mol. The molecule has 0 amide bonds. The van der Waals surface area contributed by atoms with E-state index in [9.17, 15) is 0 Å². The normalized spacial score (nSPS) is 14.6. The highest BCUT2D eigenvalue weighted by atomic mass is 15.3. The standard InChI is InChI=1S/C10H16N4/c1-9(6-11)7-12-10(2)8-14-5-3-4-13-14/h3-5,9-10,12H,7-8H2,1-2H3. The van der Waals surface area contributed by atoms with Gasteiger partial charge in [-0.2, -0.15) is 10.4 Å². The first-order valence-corrected chi connectivity index (χ1v) is 4.82. The van der Waals surface area contributed by atoms with Crippen molar-refractivity contribution in [3.63, 3.8) is 0 Å². The Labute approximate surface area is 84.5 Å². The minimum atomic E-state index is 0.0649. The summed E-state index contributed by atoms with van der Waals surface area (Å²) in [5, 5.41) is 16.0. The molecule has 4 nitrogen and oxygen atoms in total. The van der Waals surface area contributed by atoms with Crippen LogP contribution in [-0.2, 0) is 6.54 Å². The Morgan fingerprint density at radius 2 is 2.36 bits per heavy atom. The van der Waals surface area contributed by atoms with Gasteiger partial charge in [0.25, 0.3) is 0 Å². The molecule has 0 saturated carbocycles. The Hall–Kier alpha value is -1.34. The molecule has 0 saturated heterocycles. The number of nitrogens with zero attached hydrogens (tertiary/aromatic N) is 3. The molecule has 0 aromatic carbocycles. The van der Waals surface area contributed by atoms with E-state index in [1.54, 1.807) is 6.20 Å². The molecule has 0 bridgehead atoms. The van der Waals surface area contributed by atoms with Gasteiger partial charge in [0.05, 0.1) is 18.5 Å². The number of hydrogen-bond donors (Lipinski definition) is 1. The van der Waals surface area contributed by atoms with Crippen molar-refractivity contribution < 1.29 is 0 Å². The molecule has 2 unspecified atom stereocenters. The van der Waals surface area contributed by atoms with E-state index in [1.807, 2.05) is 23.9 Å². The third kappa shape index (κ3) is 3.58. The van der Waals surface area contributed by atoms with Crippen molar-refractivity contribution in [3.05, 3.63) is 18.5 Å². The second kappa shape index (κ2) is 5.40. The lowest BCUT2D eigenvalue weighted by atomic mass is 10.2. The Balaban J connectivity index is 2.23. The Kier molecular flexibility index (Phi) is 4.14. The molecule has 0 spiro atoms. The van der Waals surface area contributed by atoms with E-state index in [0.29, 0.717) is 6.04 Å². The van der Waals surface area contributed by atoms with Gasteiger partial charge in [0.2, 0.25) is 0 Å². The van der Waals surface area contributed by atoms with Crippen molar-refractivity contribution in [1.82, 2.24) is 15.1 Å². The highest BCUT2D eigenvalue weighted by Crippen LogP contribution is 1.93. The lowest BCUT2D eigenvalue weighted by Crippen LogP contribution is -2.33. The highest BCUT2D eigenvalue weighted by molar-refractivity contribution is 4.82. The summed E-state index contributed by atoms with van der Waals surface area (Å²) < 4.78 is 1.88. The van der Waals surface area contributed by atoms with Crippen LogP contribution < -0.4 is 5.32 Å². The highest BCUT2D eigenvalue weighted by Gasteiger charge is 2.04. The summed E-state index contributed by atoms with van der Waals surface area (Å²) in [6.45, 7) is 5.57. The van der Waals surface area contributed by atoms with Crippen LogP contribution in [0.4, 0.5) is 0 Å². The van der Waals surface area contributed by atoms with Crippen molar-refractivity contribution in [2.75, 3.05) is 6.54 Å². The number of aromatic nitrogens is 2. The zero-order chi connectivity index (χ0) is 10.4. The first-order chi connectivity index (χ1) is 6.72. The van der Waals surface area contributed by atoms with Gasteiger partial charge in [-0.15, -0.1) is 0 Å². The molecule has 0 fully saturated rings. The number of nitriles is 1. The predicted octanol–water partition coefficient (Wildman–Crippen LogP) is 1.02. The van der Waals surface area contributed by atoms with Crippen molar-refractivity contribution in [2.24, 2.45) is 5.92 Å². The van der Waals surface area contributed by atoms with E-state index in [0.717, 1.165) is 13.1 Å². The van der Waals surface area contributed by atoms with Crippen LogP contribution in [0.5, 0.6) is 0 Å². The third-order valence-electron chi connectivity index (χ3n) is 2.01. The van der Waals surface area contributed by atoms with E-state index in [-0.39, 0.29) is 5.92 Å². The molecule has 1 aromatic heterocycles. The largest absolute Gasteiger partial charge is 0.311 e. The summed E-state index contributed by atoms with van der Waals surface area (Å²) in [6, 6.07) is 4.44. The second-order valence-electron chi connectivity index (χ2n) is 3.57. The van der Waals surface area contributed by atoms with Crippen molar-refractivity contribution in [3.8, 4) is 6.07 Å². The quantitative estimate of drug-likeness (QED) is 0.757. The number of nitrogens with one attached hydrogen (secondary N) is 1. The Bertz CT molecular complexity index is 286. The van der Waals surface area contributed by atoms with E-state index < -0.39 is 0 Å². The zero-order valence-electron chi connectivity index (χ0n) is 8.64. The molecular formula is C10H16N4. The molecule has 0 aliphatic heterocycles. The van der Waals surface area contributed by atoms with Gasteiger partial charge in [-0.25, -0.2) is 0 Å². The van der Waals surface area contributed by atoms with Gasteiger partial charge in [0, 0.05) is 25.0 Å². The summed E-state index contributed by atoms with van der Waals surface area (Å²) >= 11 is 0. The molecule has 4 heteroatoms. The van der Waals surface area contributed by atoms with E-state index in [1.165, 1.54) is 0 Å². The molecule has 0 radical (unpaired) electrons. The fourth-order valence-electron chi connectivity index (χ4n) is 1.18. The summed E-state index contributed by atoms with van der Waals surface area (Å²) in [6.07, 6.45) is 3.70. The molecule has 1 heterocycles. The van der Waals surface area contributed by atoms with Gasteiger partial charge in [-0.1, -0.05) is 0 Å². The first-order valence-electron chi connectivity index (χ1n) is 4.82. The third-order valence-corrected chi connectivity index (χ3v) is 2.01. The van der Waals surface area contributed by atoms with Gasteiger partial charge < -0.3 is 5.32 Å². The van der Waals surface area contributed by atoms with Crippen LogP contribution in [0.15, 0.2) is 18.5 Å². The van der Waals surface area contributed by atoms with E-state index >= 15 is 0 Å². The fourth-order valence-corrected chi connectivity index (χ4v) is 1.18. The topological polar surface area (TPSA) is 53.6 Å². The molecule has 2 atom stereocenters. The van der Waals surface area contributed by atoms with Crippen LogP contribution in [0.1, 0.15) is 13.8 Å². The number of rotatable bonds is 5. The molecular weight excluding hydrogens is 176 g/mol. The average Bonchev–Trinajstić information content (AvgIpc) is 2.66. The minimum Gasteiger partial charge on any atom is -0.311 e. The fraction of sp³-hybridized carbons (Fsp3) is 0.600. The average molecular weight is 192 g/mol. The molecule has 0 aliphatic rings. The Morgan fingerprint density at radius 3 is 2.93 bits per heavy atom. The van der Waals surface area contributed by atoms with Crippen molar-refractivity contribution in [2.45, 2.75) is 26.4 Å². The van der Waals surface area contributed by atoms with Crippen molar-refractivity contribution in [1.29, 1.82) is 5.26 Å². The SMILES string of the molecule is CC(C#N)CNC(C)Cn1cccn1. The first kappa shape index (κ1) is 10.7. The van der Waals surface area contributed by atoms with Crippen LogP contribution >= 0.6 is 0 Å². The smallest absolute Gasteiger partial charge is 0.0666 e. The maximum Gasteiger partial charge on any atom is 0.0666 e. The predicted molar refractivity (Wildman–Crippen MR) is 54.5 cm³/mol. The molecule has 1 aromatic rings. The molecule has 1 rings (SSSR count). The van der Waals surface area contributed by atoms with Crippen LogP contribution in [0, 0.1) is 17.2 Å². The van der Waals surface area contributed by atoms with E-state index in [2.05, 4.69) is 23.4 Å². The van der Waals surface area contributed by atoms with Gasteiger partial charge in [-0.3, -0.25) is 4.68 Å². The summed E-state index contributed by atoms with van der Waals surface area (Å²) in [4.78, 5) is 0. The second-order valence-corrected chi connectivity index (χ2v) is 3.57. The van der Waals surface area contributed by atoms with Gasteiger partial charge >= 0.3 is 0 Å². The summed E-state index contributed by atoms with van der Waals surface area (Å²) in [5.74, 6) is 0.0649. The van der Waals surface area contributed by atoms with Crippen molar-refractivity contribution >= 4 is 0 Å². The lowest BCUT2D eigenvalue weighted by molar-refractivity contribution is 0.436. The lowest BCUT2D eigenvalue weighted by Gasteiger charge is -2.14. The molecule has 0 aliphatic carbocycles. The maximum absolute atomic E-state index is 8.60. The van der Waals surface area contributed by atoms with Gasteiger partial charge in [0.15, 0.2) is 0 Å². The van der Waals surface area contributed by atoms with Crippen LogP contribution in [0.3, 0.4) is 0 Å². The molecule has 76 valence electrons. The van der Waals surface area contributed by atoms with Gasteiger partial charge in [0.1, 0.15) is 0 Å². The van der Waals surface area contributed by atoms with Crippen LogP contribution in [0.25, 0.3) is 0 Å². The maximum atomic E-state index is 8.60. The molecule has 14 heavy (non-hydrogen) atoms. The Morgan fingerprint density at radius 1 is 1.57 bits per heavy atom. The van der Waals surface area contributed by atoms with E-state index in [4.69, 9.17) is 5.26 Å². The summed E-state index contributed by atoms with van der Waals surface area (Å²) in [5.41, 5.74) is 0. The van der Waals surface area contributed by atoms with Crippen LogP contribution in [0.2, 0.25) is 0 Å². The van der Waals surface area contributed by atoms with Crippen LogP contribution in [-0.4, -0.2) is 22.4 Å². The number of hydrogen-bond acceptors (Lipinski definition) is 3.